The summed E-state index contributed by atoms with van der Waals surface area (Å²) in [6.45, 7) is 3.28. The third kappa shape index (κ3) is 4.76. The number of ether oxygens (including phenoxy) is 1. The Kier molecular flexibility index (Phi) is 6.63. The largest absolute Gasteiger partial charge is 0.496 e. The molecule has 2 rings (SSSR count). The summed E-state index contributed by atoms with van der Waals surface area (Å²) in [5.41, 5.74) is 0.887. The van der Waals surface area contributed by atoms with Crippen LogP contribution >= 0.6 is 11.8 Å². The summed E-state index contributed by atoms with van der Waals surface area (Å²) >= 11 is 1.09. The third-order valence-corrected chi connectivity index (χ3v) is 4.95. The number of methoxy groups -OCH3 is 1. The van der Waals surface area contributed by atoms with Gasteiger partial charge in [0.1, 0.15) is 16.8 Å². The highest BCUT2D eigenvalue weighted by Gasteiger charge is 2.20. The molecule has 0 fully saturated rings. The summed E-state index contributed by atoms with van der Waals surface area (Å²) in [5, 5.41) is 11.2. The molecule has 0 spiro atoms. The molecule has 0 bridgehead atoms. The van der Waals surface area contributed by atoms with Crippen molar-refractivity contribution in [2.75, 3.05) is 7.11 Å². The zero-order valence-electron chi connectivity index (χ0n) is 14.7. The number of benzene rings is 2. The predicted molar refractivity (Wildman–Crippen MR) is 98.2 cm³/mol. The second-order valence-corrected chi connectivity index (χ2v) is 7.06. The molecular weight excluding hydrogens is 357 g/mol. The lowest BCUT2D eigenvalue weighted by Crippen LogP contribution is -2.27. The van der Waals surface area contributed by atoms with E-state index in [9.17, 15) is 14.0 Å². The predicted octanol–water partition coefficient (Wildman–Crippen LogP) is 3.89. The summed E-state index contributed by atoms with van der Waals surface area (Å²) in [6, 6.07) is 10.4. The number of rotatable bonds is 7. The Morgan fingerprint density at radius 1 is 1.19 bits per heavy atom. The second-order valence-electron chi connectivity index (χ2n) is 5.68. The minimum atomic E-state index is -0.955. The van der Waals surface area contributed by atoms with Crippen molar-refractivity contribution in [1.29, 1.82) is 0 Å². The van der Waals surface area contributed by atoms with Gasteiger partial charge in [0.05, 0.1) is 18.7 Å². The molecule has 2 atom stereocenters. The fraction of sp³-hybridized carbons (Fsp3) is 0.263. The van der Waals surface area contributed by atoms with Gasteiger partial charge >= 0.3 is 5.97 Å². The minimum absolute atomic E-state index is 0.368. The van der Waals surface area contributed by atoms with Crippen molar-refractivity contribution >= 4 is 23.6 Å². The summed E-state index contributed by atoms with van der Waals surface area (Å²) < 4.78 is 18.8. The number of carbonyl (C=O) groups excluding carboxylic acids is 1. The first-order valence-electron chi connectivity index (χ1n) is 7.96. The van der Waals surface area contributed by atoms with Crippen LogP contribution in [0.4, 0.5) is 4.39 Å². The highest BCUT2D eigenvalue weighted by molar-refractivity contribution is 8.00. The molecule has 5 nitrogen and oxygen atoms in total. The fourth-order valence-electron chi connectivity index (χ4n) is 2.39. The van der Waals surface area contributed by atoms with E-state index >= 15 is 0 Å². The number of halogens is 1. The Hall–Kier alpha value is -2.54. The normalized spacial score (nSPS) is 12.9. The first-order chi connectivity index (χ1) is 12.3. The van der Waals surface area contributed by atoms with Gasteiger partial charge in [-0.3, -0.25) is 9.59 Å². The van der Waals surface area contributed by atoms with Crippen LogP contribution < -0.4 is 10.1 Å². The van der Waals surface area contributed by atoms with Crippen LogP contribution in [0, 0.1) is 5.82 Å². The van der Waals surface area contributed by atoms with Crippen molar-refractivity contribution in [3.63, 3.8) is 0 Å². The van der Waals surface area contributed by atoms with E-state index in [1.165, 1.54) is 25.3 Å². The first kappa shape index (κ1) is 19.8. The molecule has 2 N–H and O–H groups in total. The number of carbonyl (C=O) groups is 2. The quantitative estimate of drug-likeness (QED) is 0.716. The average molecular weight is 377 g/mol. The standard InChI is InChI=1S/C19H20FNO4S/c1-11(15-10-13(20)8-9-16(15)25-3)21-18(22)14-6-4-5-7-17(14)26-12(2)19(23)24/h4-12H,1-3H3,(H,21,22)(H,23,24). The van der Waals surface area contributed by atoms with E-state index in [0.29, 0.717) is 21.8 Å². The Labute approximate surface area is 155 Å². The smallest absolute Gasteiger partial charge is 0.316 e. The van der Waals surface area contributed by atoms with E-state index in [4.69, 9.17) is 9.84 Å². The topological polar surface area (TPSA) is 75.6 Å². The number of carboxylic acids is 1. The molecule has 1 amide bonds. The molecule has 0 aliphatic carbocycles. The molecule has 0 aromatic heterocycles. The number of hydrogen-bond acceptors (Lipinski definition) is 4. The summed E-state index contributed by atoms with van der Waals surface area (Å²) in [5.74, 6) is -1.28. The summed E-state index contributed by atoms with van der Waals surface area (Å²) in [6.07, 6.45) is 0. The number of carboxylic acid groups (broad SMARTS) is 1. The molecule has 2 aromatic rings. The molecule has 0 saturated heterocycles. The molecule has 2 aromatic carbocycles. The lowest BCUT2D eigenvalue weighted by atomic mass is 10.1. The van der Waals surface area contributed by atoms with Crippen molar-refractivity contribution in [1.82, 2.24) is 5.32 Å². The monoisotopic (exact) mass is 377 g/mol. The lowest BCUT2D eigenvalue weighted by molar-refractivity contribution is -0.136. The SMILES string of the molecule is COc1ccc(F)cc1C(C)NC(=O)c1ccccc1SC(C)C(=O)O. The van der Waals surface area contributed by atoms with Crippen LogP contribution in [0.5, 0.6) is 5.75 Å². The van der Waals surface area contributed by atoms with Crippen LogP contribution in [0.25, 0.3) is 0 Å². The van der Waals surface area contributed by atoms with E-state index in [2.05, 4.69) is 5.32 Å². The van der Waals surface area contributed by atoms with E-state index in [0.717, 1.165) is 11.8 Å². The molecule has 0 saturated carbocycles. The fourth-order valence-corrected chi connectivity index (χ4v) is 3.32. The minimum Gasteiger partial charge on any atom is -0.496 e. The van der Waals surface area contributed by atoms with Gasteiger partial charge in [-0.1, -0.05) is 12.1 Å². The number of nitrogens with one attached hydrogen (secondary N) is 1. The Morgan fingerprint density at radius 3 is 2.54 bits per heavy atom. The van der Waals surface area contributed by atoms with Gasteiger partial charge in [-0.25, -0.2) is 4.39 Å². The highest BCUT2D eigenvalue weighted by atomic mass is 32.2. The van der Waals surface area contributed by atoms with Gasteiger partial charge in [0.15, 0.2) is 0 Å². The molecule has 26 heavy (non-hydrogen) atoms. The molecule has 138 valence electrons. The van der Waals surface area contributed by atoms with Crippen molar-refractivity contribution in [3.05, 3.63) is 59.4 Å². The second kappa shape index (κ2) is 8.71. The molecule has 0 aliphatic rings. The van der Waals surface area contributed by atoms with Crippen LogP contribution in [0.2, 0.25) is 0 Å². The zero-order valence-corrected chi connectivity index (χ0v) is 15.5. The van der Waals surface area contributed by atoms with Gasteiger partial charge in [0.2, 0.25) is 0 Å². The van der Waals surface area contributed by atoms with E-state index < -0.39 is 23.1 Å². The van der Waals surface area contributed by atoms with E-state index in [1.54, 1.807) is 38.1 Å². The number of thioether (sulfide) groups is 1. The van der Waals surface area contributed by atoms with Crippen molar-refractivity contribution in [2.45, 2.75) is 30.0 Å². The van der Waals surface area contributed by atoms with Gasteiger partial charge in [0, 0.05) is 10.5 Å². The molecule has 7 heteroatoms. The van der Waals surface area contributed by atoms with Crippen LogP contribution in [0.3, 0.4) is 0 Å². The maximum absolute atomic E-state index is 13.6. The highest BCUT2D eigenvalue weighted by Crippen LogP contribution is 2.29. The van der Waals surface area contributed by atoms with E-state index in [-0.39, 0.29) is 5.91 Å². The zero-order chi connectivity index (χ0) is 19.3. The Bertz CT molecular complexity index is 812. The van der Waals surface area contributed by atoms with Crippen LogP contribution in [-0.2, 0) is 4.79 Å². The number of aliphatic carboxylic acids is 1. The Balaban J connectivity index is 2.23. The average Bonchev–Trinajstić information content (AvgIpc) is 2.61. The maximum Gasteiger partial charge on any atom is 0.316 e. The first-order valence-corrected chi connectivity index (χ1v) is 8.84. The van der Waals surface area contributed by atoms with Gasteiger partial charge in [0.25, 0.3) is 5.91 Å². The Morgan fingerprint density at radius 2 is 1.88 bits per heavy atom. The number of amides is 1. The van der Waals surface area contributed by atoms with E-state index in [1.807, 2.05) is 0 Å². The van der Waals surface area contributed by atoms with Gasteiger partial charge < -0.3 is 15.2 Å². The summed E-state index contributed by atoms with van der Waals surface area (Å²) in [4.78, 5) is 24.3. The molecule has 0 radical (unpaired) electrons. The van der Waals surface area contributed by atoms with Gasteiger partial charge in [-0.2, -0.15) is 0 Å². The maximum atomic E-state index is 13.6. The van der Waals surface area contributed by atoms with Gasteiger partial charge in [-0.15, -0.1) is 11.8 Å². The van der Waals surface area contributed by atoms with Crippen LogP contribution in [0.1, 0.15) is 35.8 Å². The van der Waals surface area contributed by atoms with Crippen molar-refractivity contribution in [2.24, 2.45) is 0 Å². The van der Waals surface area contributed by atoms with Crippen LogP contribution in [-0.4, -0.2) is 29.3 Å². The van der Waals surface area contributed by atoms with Crippen LogP contribution in [0.15, 0.2) is 47.4 Å². The molecule has 0 aliphatic heterocycles. The summed E-state index contributed by atoms with van der Waals surface area (Å²) in [7, 11) is 1.48. The lowest BCUT2D eigenvalue weighted by Gasteiger charge is -2.18. The molecule has 0 heterocycles. The molecular formula is C19H20FNO4S. The van der Waals surface area contributed by atoms with Crippen molar-refractivity contribution < 1.29 is 23.8 Å². The van der Waals surface area contributed by atoms with Gasteiger partial charge in [-0.05, 0) is 44.2 Å². The third-order valence-electron chi connectivity index (χ3n) is 3.79. The number of hydrogen-bond donors (Lipinski definition) is 2. The van der Waals surface area contributed by atoms with Crippen molar-refractivity contribution in [3.8, 4) is 5.75 Å². The molecule has 2 unspecified atom stereocenters.